The van der Waals surface area contributed by atoms with Crippen molar-refractivity contribution in [3.63, 3.8) is 0 Å². The van der Waals surface area contributed by atoms with Gasteiger partial charge in [0.15, 0.2) is 0 Å². The maximum atomic E-state index is 13.8. The molecule has 0 saturated carbocycles. The molecule has 0 unspecified atom stereocenters. The van der Waals surface area contributed by atoms with E-state index in [0.717, 1.165) is 6.07 Å². The summed E-state index contributed by atoms with van der Waals surface area (Å²) in [6, 6.07) is 7.42. The van der Waals surface area contributed by atoms with Gasteiger partial charge in [0.1, 0.15) is 11.5 Å². The van der Waals surface area contributed by atoms with Crippen LogP contribution in [0.5, 0.6) is 0 Å². The van der Waals surface area contributed by atoms with Crippen LogP contribution in [0.25, 0.3) is 0 Å². The van der Waals surface area contributed by atoms with Crippen molar-refractivity contribution >= 4 is 5.78 Å². The summed E-state index contributed by atoms with van der Waals surface area (Å²) in [6.45, 7) is 3.45. The number of H-pyrrole nitrogens is 1. The highest BCUT2D eigenvalue weighted by atomic mass is 19.1. The van der Waals surface area contributed by atoms with Gasteiger partial charge in [-0.2, -0.15) is 0 Å². The third kappa shape index (κ3) is 3.76. The van der Waals surface area contributed by atoms with Crippen molar-refractivity contribution in [1.82, 2.24) is 14.5 Å². The van der Waals surface area contributed by atoms with Crippen molar-refractivity contribution in [2.75, 3.05) is 0 Å². The molecule has 27 heavy (non-hydrogen) atoms. The molecule has 0 spiro atoms. The SMILES string of the molecule is CCc1c(C(=O)c2cc(C)cc(F)c2)n(Cc2cccnc2)c(=O)[nH]c1=O. The quantitative estimate of drug-likeness (QED) is 0.701. The highest BCUT2D eigenvalue weighted by Gasteiger charge is 2.22. The zero-order valence-electron chi connectivity index (χ0n) is 15.0. The topological polar surface area (TPSA) is 84.8 Å². The summed E-state index contributed by atoms with van der Waals surface area (Å²) in [4.78, 5) is 44.1. The molecule has 0 aliphatic rings. The Balaban J connectivity index is 2.24. The molecule has 0 atom stereocenters. The smallest absolute Gasteiger partial charge is 0.287 e. The van der Waals surface area contributed by atoms with Crippen LogP contribution in [-0.2, 0) is 13.0 Å². The Labute approximate surface area is 154 Å². The van der Waals surface area contributed by atoms with Gasteiger partial charge >= 0.3 is 5.69 Å². The maximum absolute atomic E-state index is 13.8. The van der Waals surface area contributed by atoms with Crippen molar-refractivity contribution in [3.05, 3.63) is 97.3 Å². The Hall–Kier alpha value is -3.35. The summed E-state index contributed by atoms with van der Waals surface area (Å²) in [5, 5.41) is 0. The molecule has 7 heteroatoms. The fourth-order valence-corrected chi connectivity index (χ4v) is 3.03. The van der Waals surface area contributed by atoms with Crippen molar-refractivity contribution in [1.29, 1.82) is 0 Å². The second-order valence-electron chi connectivity index (χ2n) is 6.23. The molecule has 0 fully saturated rings. The number of ketones is 1. The minimum Gasteiger partial charge on any atom is -0.287 e. The Bertz CT molecular complexity index is 1100. The third-order valence-electron chi connectivity index (χ3n) is 4.23. The van der Waals surface area contributed by atoms with E-state index in [0.29, 0.717) is 11.1 Å². The third-order valence-corrected chi connectivity index (χ3v) is 4.23. The van der Waals surface area contributed by atoms with E-state index in [4.69, 9.17) is 0 Å². The van der Waals surface area contributed by atoms with Gasteiger partial charge in [0, 0.05) is 23.5 Å². The summed E-state index contributed by atoms with van der Waals surface area (Å²) in [6.07, 6.45) is 3.42. The number of carbonyl (C=O) groups excluding carboxylic acids is 1. The summed E-state index contributed by atoms with van der Waals surface area (Å²) in [5.74, 6) is -1.12. The minimum atomic E-state index is -0.697. The number of benzene rings is 1. The Kier molecular flexibility index (Phi) is 5.12. The Morgan fingerprint density at radius 1 is 1.26 bits per heavy atom. The molecule has 0 amide bonds. The average molecular weight is 367 g/mol. The first-order valence-corrected chi connectivity index (χ1v) is 8.47. The van der Waals surface area contributed by atoms with Gasteiger partial charge in [-0.15, -0.1) is 0 Å². The van der Waals surface area contributed by atoms with E-state index in [1.807, 2.05) is 0 Å². The number of aromatic amines is 1. The molecule has 0 aliphatic heterocycles. The number of carbonyl (C=O) groups is 1. The first-order chi connectivity index (χ1) is 12.9. The number of halogens is 1. The van der Waals surface area contributed by atoms with Crippen LogP contribution in [0.2, 0.25) is 0 Å². The number of hydrogen-bond donors (Lipinski definition) is 1. The van der Waals surface area contributed by atoms with E-state index in [9.17, 15) is 18.8 Å². The maximum Gasteiger partial charge on any atom is 0.329 e. The van der Waals surface area contributed by atoms with Crippen LogP contribution in [0.3, 0.4) is 0 Å². The number of hydrogen-bond acceptors (Lipinski definition) is 4. The molecule has 0 bridgehead atoms. The fraction of sp³-hybridized carbons (Fsp3) is 0.200. The lowest BCUT2D eigenvalue weighted by Crippen LogP contribution is -2.37. The van der Waals surface area contributed by atoms with Crippen molar-refractivity contribution in [3.8, 4) is 0 Å². The van der Waals surface area contributed by atoms with Crippen LogP contribution >= 0.6 is 0 Å². The number of rotatable bonds is 5. The molecule has 0 saturated heterocycles. The number of aromatic nitrogens is 3. The van der Waals surface area contributed by atoms with Crippen LogP contribution in [0.4, 0.5) is 4.39 Å². The van der Waals surface area contributed by atoms with Crippen molar-refractivity contribution in [2.24, 2.45) is 0 Å². The van der Waals surface area contributed by atoms with Crippen molar-refractivity contribution in [2.45, 2.75) is 26.8 Å². The molecule has 1 N–H and O–H groups in total. The van der Waals surface area contributed by atoms with Gasteiger partial charge in [-0.25, -0.2) is 9.18 Å². The van der Waals surface area contributed by atoms with Gasteiger partial charge in [-0.1, -0.05) is 13.0 Å². The first-order valence-electron chi connectivity index (χ1n) is 8.47. The molecule has 3 rings (SSSR count). The van der Waals surface area contributed by atoms with Crippen LogP contribution in [-0.4, -0.2) is 20.3 Å². The predicted octanol–water partition coefficient (Wildman–Crippen LogP) is 2.22. The first kappa shape index (κ1) is 18.4. The Morgan fingerprint density at radius 2 is 2.04 bits per heavy atom. The van der Waals surface area contributed by atoms with Gasteiger partial charge in [0.05, 0.1) is 6.54 Å². The zero-order chi connectivity index (χ0) is 19.6. The summed E-state index contributed by atoms with van der Waals surface area (Å²) >= 11 is 0. The highest BCUT2D eigenvalue weighted by Crippen LogP contribution is 2.16. The minimum absolute atomic E-state index is 0.0277. The average Bonchev–Trinajstić information content (AvgIpc) is 2.63. The highest BCUT2D eigenvalue weighted by molar-refractivity contribution is 6.08. The number of nitrogens with zero attached hydrogens (tertiary/aromatic N) is 2. The largest absolute Gasteiger partial charge is 0.329 e. The predicted molar refractivity (Wildman–Crippen MR) is 98.6 cm³/mol. The normalized spacial score (nSPS) is 10.8. The van der Waals surface area contributed by atoms with Gasteiger partial charge < -0.3 is 0 Å². The van der Waals surface area contributed by atoms with Gasteiger partial charge in [-0.3, -0.25) is 24.1 Å². The van der Waals surface area contributed by atoms with Gasteiger partial charge in [0.25, 0.3) is 5.56 Å². The molecule has 3 aromatic rings. The zero-order valence-corrected chi connectivity index (χ0v) is 15.0. The summed E-state index contributed by atoms with van der Waals surface area (Å²) < 4.78 is 15.0. The lowest BCUT2D eigenvalue weighted by Gasteiger charge is -2.15. The monoisotopic (exact) mass is 367 g/mol. The van der Waals surface area contributed by atoms with Crippen molar-refractivity contribution < 1.29 is 9.18 Å². The van der Waals surface area contributed by atoms with E-state index in [-0.39, 0.29) is 29.8 Å². The number of nitrogens with one attached hydrogen (secondary N) is 1. The molecule has 0 aliphatic carbocycles. The fourth-order valence-electron chi connectivity index (χ4n) is 3.03. The molecule has 6 nitrogen and oxygen atoms in total. The standard InChI is InChI=1S/C20H18FN3O3/c1-3-16-17(18(25)14-7-12(2)8-15(21)9-14)24(20(27)23-19(16)26)11-13-5-4-6-22-10-13/h4-10H,3,11H2,1-2H3,(H,23,26,27). The lowest BCUT2D eigenvalue weighted by atomic mass is 10.0. The molecular formula is C20H18FN3O3. The van der Waals surface area contributed by atoms with Crippen LogP contribution in [0.1, 0.15) is 39.7 Å². The van der Waals surface area contributed by atoms with Gasteiger partial charge in [-0.05, 0) is 48.7 Å². The molecular weight excluding hydrogens is 349 g/mol. The van der Waals surface area contributed by atoms with E-state index < -0.39 is 22.8 Å². The van der Waals surface area contributed by atoms with E-state index >= 15 is 0 Å². The summed E-state index contributed by atoms with van der Waals surface area (Å²) in [5.41, 5.74) is 0.206. The molecule has 1 aromatic carbocycles. The second kappa shape index (κ2) is 7.49. The van der Waals surface area contributed by atoms with Crippen LogP contribution in [0.15, 0.2) is 52.3 Å². The van der Waals surface area contributed by atoms with Crippen LogP contribution < -0.4 is 11.2 Å². The molecule has 138 valence electrons. The summed E-state index contributed by atoms with van der Waals surface area (Å²) in [7, 11) is 0. The lowest BCUT2D eigenvalue weighted by molar-refractivity contribution is 0.102. The number of pyridine rings is 1. The molecule has 2 heterocycles. The van der Waals surface area contributed by atoms with Crippen LogP contribution in [0, 0.1) is 12.7 Å². The van der Waals surface area contributed by atoms with E-state index in [1.165, 1.54) is 16.7 Å². The Morgan fingerprint density at radius 3 is 2.67 bits per heavy atom. The number of aryl methyl sites for hydroxylation is 1. The molecule has 0 radical (unpaired) electrons. The van der Waals surface area contributed by atoms with E-state index in [1.54, 1.807) is 38.4 Å². The second-order valence-corrected chi connectivity index (χ2v) is 6.23. The van der Waals surface area contributed by atoms with Gasteiger partial charge in [0.2, 0.25) is 5.78 Å². The molecule has 2 aromatic heterocycles. The van der Waals surface area contributed by atoms with E-state index in [2.05, 4.69) is 9.97 Å².